The summed E-state index contributed by atoms with van der Waals surface area (Å²) < 4.78 is 36.8. The molecule has 2 aliphatic heterocycles. The number of piperazine rings is 1. The highest BCUT2D eigenvalue weighted by molar-refractivity contribution is 6.19. The Morgan fingerprint density at radius 2 is 1.93 bits per heavy atom. The van der Waals surface area contributed by atoms with Crippen molar-refractivity contribution in [3.63, 3.8) is 0 Å². The molecule has 2 aliphatic rings. The van der Waals surface area contributed by atoms with Crippen molar-refractivity contribution in [3.8, 4) is 5.75 Å². The third-order valence-corrected chi connectivity index (χ3v) is 8.44. The van der Waals surface area contributed by atoms with Gasteiger partial charge in [-0.15, -0.1) is 16.7 Å². The van der Waals surface area contributed by atoms with E-state index in [1.807, 2.05) is 17.1 Å². The van der Waals surface area contributed by atoms with E-state index >= 15 is 4.39 Å². The molecular formula is C32H33ClF2N8O3. The molecule has 1 N–H and O–H groups in total. The van der Waals surface area contributed by atoms with Crippen LogP contribution in [0.3, 0.4) is 0 Å². The number of carbonyl (C=O) groups is 2. The third kappa shape index (κ3) is 6.45. The number of benzene rings is 1. The Balaban J connectivity index is 1.22. The highest BCUT2D eigenvalue weighted by Gasteiger charge is 2.28. The van der Waals surface area contributed by atoms with Gasteiger partial charge in [-0.05, 0) is 29.7 Å². The molecule has 4 aromatic rings. The summed E-state index contributed by atoms with van der Waals surface area (Å²) in [7, 11) is 1.46. The standard InChI is InChI=1S/C32H33ClF2N8O3/c1-46-27-17-23(34)19-36-31(27)40-12-14-41(15-13-40)32(45)26-18-25-21(4-2-7-33)16-24(29(35)30(25)38-26)22-5-3-9-42(20-22)28(44)6-10-43-11-8-37-39-43/h2,4-5,8,11,16-19,38H,3,6-7,9-10,12-15,20H2,1H3/b4-2+. The average Bonchev–Trinajstić information content (AvgIpc) is 3.78. The number of aromatic amines is 1. The summed E-state index contributed by atoms with van der Waals surface area (Å²) in [6.45, 7) is 2.92. The number of alkyl halides is 1. The lowest BCUT2D eigenvalue weighted by Crippen LogP contribution is -2.49. The second-order valence-electron chi connectivity index (χ2n) is 11.1. The average molecular weight is 651 g/mol. The molecule has 0 spiro atoms. The molecule has 1 aromatic carbocycles. The van der Waals surface area contributed by atoms with Gasteiger partial charge in [-0.25, -0.2) is 13.8 Å². The van der Waals surface area contributed by atoms with Crippen LogP contribution in [-0.2, 0) is 11.3 Å². The monoisotopic (exact) mass is 650 g/mol. The molecule has 0 saturated carbocycles. The second kappa shape index (κ2) is 13.7. The Hall–Kier alpha value is -4.78. The minimum atomic E-state index is -0.492. The van der Waals surface area contributed by atoms with E-state index in [0.717, 1.165) is 6.20 Å². The number of methoxy groups -OCH3 is 1. The van der Waals surface area contributed by atoms with Gasteiger partial charge in [0, 0.05) is 74.8 Å². The lowest BCUT2D eigenvalue weighted by molar-refractivity contribution is -0.131. The minimum Gasteiger partial charge on any atom is -0.493 e. The Labute approximate surface area is 269 Å². The van der Waals surface area contributed by atoms with E-state index in [9.17, 15) is 14.0 Å². The Morgan fingerprint density at radius 1 is 1.11 bits per heavy atom. The van der Waals surface area contributed by atoms with Crippen molar-refractivity contribution in [2.45, 2.75) is 19.4 Å². The van der Waals surface area contributed by atoms with Gasteiger partial charge in [-0.2, -0.15) is 0 Å². The molecule has 6 rings (SSSR count). The van der Waals surface area contributed by atoms with Crippen LogP contribution in [0.2, 0.25) is 0 Å². The lowest BCUT2D eigenvalue weighted by atomic mass is 9.96. The maximum atomic E-state index is 16.3. The van der Waals surface area contributed by atoms with E-state index in [4.69, 9.17) is 16.3 Å². The van der Waals surface area contributed by atoms with Crippen molar-refractivity contribution >= 4 is 51.8 Å². The topological polar surface area (TPSA) is 112 Å². The minimum absolute atomic E-state index is 0.0497. The number of nitrogens with one attached hydrogen (secondary N) is 1. The summed E-state index contributed by atoms with van der Waals surface area (Å²) >= 11 is 5.95. The number of H-pyrrole nitrogens is 1. The van der Waals surface area contributed by atoms with E-state index in [2.05, 4.69) is 20.3 Å². The first-order valence-electron chi connectivity index (χ1n) is 15.0. The van der Waals surface area contributed by atoms with Crippen molar-refractivity contribution in [2.24, 2.45) is 0 Å². The Morgan fingerprint density at radius 3 is 2.67 bits per heavy atom. The molecule has 1 fully saturated rings. The van der Waals surface area contributed by atoms with Gasteiger partial charge < -0.3 is 24.4 Å². The number of allylic oxidation sites excluding steroid dienone is 1. The molecule has 46 heavy (non-hydrogen) atoms. The fourth-order valence-electron chi connectivity index (χ4n) is 5.91. The zero-order chi connectivity index (χ0) is 32.2. The molecule has 14 heteroatoms. The normalized spacial score (nSPS) is 15.6. The van der Waals surface area contributed by atoms with E-state index < -0.39 is 11.6 Å². The van der Waals surface area contributed by atoms with Crippen LogP contribution >= 0.6 is 11.6 Å². The van der Waals surface area contributed by atoms with Crippen molar-refractivity contribution in [3.05, 3.63) is 77.4 Å². The quantitative estimate of drug-likeness (QED) is 0.268. The van der Waals surface area contributed by atoms with E-state index in [1.54, 1.807) is 45.1 Å². The van der Waals surface area contributed by atoms with Gasteiger partial charge >= 0.3 is 0 Å². The maximum absolute atomic E-state index is 16.3. The Bertz CT molecular complexity index is 1800. The first kappa shape index (κ1) is 31.2. The summed E-state index contributed by atoms with van der Waals surface area (Å²) in [6, 6.07) is 4.70. The number of fused-ring (bicyclic) bond motifs is 1. The second-order valence-corrected chi connectivity index (χ2v) is 11.4. The summed E-state index contributed by atoms with van der Waals surface area (Å²) in [6.07, 6.45) is 10.8. The fraction of sp³-hybridized carbons (Fsp3) is 0.344. The van der Waals surface area contributed by atoms with E-state index in [0.29, 0.717) is 79.3 Å². The number of hydrogen-bond donors (Lipinski definition) is 1. The number of rotatable bonds is 9. The zero-order valence-corrected chi connectivity index (χ0v) is 26.0. The molecule has 0 bridgehead atoms. The van der Waals surface area contributed by atoms with Crippen LogP contribution in [0, 0.1) is 11.6 Å². The van der Waals surface area contributed by atoms with Gasteiger partial charge in [-0.3, -0.25) is 14.3 Å². The first-order valence-corrected chi connectivity index (χ1v) is 15.5. The van der Waals surface area contributed by atoms with Gasteiger partial charge in [-0.1, -0.05) is 23.4 Å². The summed E-state index contributed by atoms with van der Waals surface area (Å²) in [5, 5.41) is 8.23. The van der Waals surface area contributed by atoms with Crippen molar-refractivity contribution in [1.82, 2.24) is 34.8 Å². The van der Waals surface area contributed by atoms with Crippen LogP contribution in [0.25, 0.3) is 22.6 Å². The summed E-state index contributed by atoms with van der Waals surface area (Å²) in [5.74, 6) is -0.186. The van der Waals surface area contributed by atoms with Gasteiger partial charge in [0.1, 0.15) is 11.5 Å². The first-order chi connectivity index (χ1) is 22.4. The number of anilines is 1. The van der Waals surface area contributed by atoms with Crippen LogP contribution in [0.15, 0.2) is 48.9 Å². The fourth-order valence-corrected chi connectivity index (χ4v) is 6.00. The summed E-state index contributed by atoms with van der Waals surface area (Å²) in [5.41, 5.74) is 2.25. The molecule has 5 heterocycles. The predicted molar refractivity (Wildman–Crippen MR) is 171 cm³/mol. The molecule has 0 radical (unpaired) electrons. The molecular weight excluding hydrogens is 618 g/mol. The van der Waals surface area contributed by atoms with Gasteiger partial charge in [0.25, 0.3) is 5.91 Å². The van der Waals surface area contributed by atoms with Crippen molar-refractivity contribution in [2.75, 3.05) is 57.2 Å². The molecule has 240 valence electrons. The lowest BCUT2D eigenvalue weighted by Gasteiger charge is -2.35. The van der Waals surface area contributed by atoms with Crippen LogP contribution in [0.1, 0.15) is 34.5 Å². The van der Waals surface area contributed by atoms with Gasteiger partial charge in [0.15, 0.2) is 17.4 Å². The summed E-state index contributed by atoms with van der Waals surface area (Å²) in [4.78, 5) is 39.2. The van der Waals surface area contributed by atoms with Crippen LogP contribution in [-0.4, -0.2) is 98.8 Å². The number of hydrogen-bond acceptors (Lipinski definition) is 7. The number of nitrogens with zero attached hydrogens (tertiary/aromatic N) is 7. The van der Waals surface area contributed by atoms with Gasteiger partial charge in [0.2, 0.25) is 5.91 Å². The molecule has 0 aliphatic carbocycles. The number of halogens is 3. The van der Waals surface area contributed by atoms with Crippen LogP contribution < -0.4 is 9.64 Å². The number of pyridine rings is 1. The predicted octanol–water partition coefficient (Wildman–Crippen LogP) is 4.36. The molecule has 0 unspecified atom stereocenters. The van der Waals surface area contributed by atoms with Crippen LogP contribution in [0.5, 0.6) is 5.75 Å². The smallest absolute Gasteiger partial charge is 0.270 e. The molecule has 1 saturated heterocycles. The van der Waals surface area contributed by atoms with Gasteiger partial charge in [0.05, 0.1) is 31.6 Å². The largest absolute Gasteiger partial charge is 0.493 e. The van der Waals surface area contributed by atoms with Crippen LogP contribution in [0.4, 0.5) is 14.6 Å². The van der Waals surface area contributed by atoms with Crippen molar-refractivity contribution in [1.29, 1.82) is 0 Å². The Kier molecular flexibility index (Phi) is 9.29. The number of amides is 2. The number of carbonyl (C=O) groups excluding carboxylic acids is 2. The highest BCUT2D eigenvalue weighted by Crippen LogP contribution is 2.33. The van der Waals surface area contributed by atoms with Crippen molar-refractivity contribution < 1.29 is 23.1 Å². The zero-order valence-electron chi connectivity index (χ0n) is 25.3. The van der Waals surface area contributed by atoms with E-state index in [1.165, 1.54) is 13.2 Å². The maximum Gasteiger partial charge on any atom is 0.270 e. The molecule has 11 nitrogen and oxygen atoms in total. The molecule has 2 amide bonds. The molecule has 0 atom stereocenters. The highest BCUT2D eigenvalue weighted by atomic mass is 35.5. The third-order valence-electron chi connectivity index (χ3n) is 8.26. The van der Waals surface area contributed by atoms with E-state index in [-0.39, 0.29) is 41.9 Å². The number of aromatic nitrogens is 5. The molecule has 3 aromatic heterocycles. The SMILES string of the molecule is COc1cc(F)cnc1N1CCN(C(=O)c2cc3c(/C=C/CCl)cc(C4=CCCN(C(=O)CCn5ccnn5)C4)c(F)c3[nH]2)CC1. The number of aryl methyl sites for hydroxylation is 1. The number of ether oxygens (including phenoxy) is 1.